The summed E-state index contributed by atoms with van der Waals surface area (Å²) >= 11 is 0. The normalized spacial score (nSPS) is 16.0. The van der Waals surface area contributed by atoms with Gasteiger partial charge in [-0.1, -0.05) is 39.7 Å². The highest BCUT2D eigenvalue weighted by molar-refractivity contribution is 5.98. The molecule has 1 aliphatic rings. The summed E-state index contributed by atoms with van der Waals surface area (Å²) in [5.41, 5.74) is 0.874. The Morgan fingerprint density at radius 3 is 2.27 bits per heavy atom. The van der Waals surface area contributed by atoms with Crippen molar-refractivity contribution < 1.29 is 9.59 Å². The smallest absolute Gasteiger partial charge is 0.253 e. The fraction of sp³-hybridized carbons (Fsp3) is 0.556. The average Bonchev–Trinajstić information content (AvgIpc) is 2.75. The highest BCUT2D eigenvalue weighted by Crippen LogP contribution is 2.20. The zero-order chi connectivity index (χ0) is 16.2. The third kappa shape index (κ3) is 4.33. The fourth-order valence-corrected chi connectivity index (χ4v) is 2.50. The maximum absolute atomic E-state index is 12.6. The van der Waals surface area contributed by atoms with Crippen molar-refractivity contribution in [3.8, 4) is 0 Å². The van der Waals surface area contributed by atoms with Crippen LogP contribution in [-0.2, 0) is 4.79 Å². The second-order valence-corrected chi connectivity index (χ2v) is 6.99. The van der Waals surface area contributed by atoms with Crippen LogP contribution in [-0.4, -0.2) is 29.8 Å². The van der Waals surface area contributed by atoms with Gasteiger partial charge in [0.1, 0.15) is 0 Å². The molecule has 4 heteroatoms. The molecule has 0 radical (unpaired) electrons. The molecule has 0 unspecified atom stereocenters. The maximum Gasteiger partial charge on any atom is 0.253 e. The van der Waals surface area contributed by atoms with Gasteiger partial charge in [-0.25, -0.2) is 0 Å². The van der Waals surface area contributed by atoms with Crippen molar-refractivity contribution >= 4 is 17.5 Å². The second kappa shape index (κ2) is 6.95. The molecule has 0 aliphatic carbocycles. The fourth-order valence-electron chi connectivity index (χ4n) is 2.50. The Morgan fingerprint density at radius 2 is 1.68 bits per heavy atom. The Hall–Kier alpha value is -1.84. The molecule has 1 saturated heterocycles. The van der Waals surface area contributed by atoms with Gasteiger partial charge >= 0.3 is 0 Å². The Morgan fingerprint density at radius 1 is 1.05 bits per heavy atom. The molecule has 1 aromatic carbocycles. The lowest BCUT2D eigenvalue weighted by molar-refractivity contribution is -0.123. The van der Waals surface area contributed by atoms with Gasteiger partial charge in [0.2, 0.25) is 5.91 Å². The number of nitrogens with one attached hydrogen (secondary N) is 1. The van der Waals surface area contributed by atoms with Crippen LogP contribution in [0.25, 0.3) is 0 Å². The Kier molecular flexibility index (Phi) is 5.22. The maximum atomic E-state index is 12.6. The SMILES string of the molecule is CC(C)(C)C(=O)Nc1cccc(C(=O)N2CCCCCC2)c1. The van der Waals surface area contributed by atoms with E-state index < -0.39 is 5.41 Å². The van der Waals surface area contributed by atoms with Crippen LogP contribution in [0.3, 0.4) is 0 Å². The molecular weight excluding hydrogens is 276 g/mol. The van der Waals surface area contributed by atoms with Crippen molar-refractivity contribution in [1.82, 2.24) is 4.90 Å². The van der Waals surface area contributed by atoms with Gasteiger partial charge in [0.25, 0.3) is 5.91 Å². The van der Waals surface area contributed by atoms with E-state index in [0.29, 0.717) is 11.3 Å². The van der Waals surface area contributed by atoms with Gasteiger partial charge in [0, 0.05) is 29.8 Å². The number of nitrogens with zero attached hydrogens (tertiary/aromatic N) is 1. The van der Waals surface area contributed by atoms with E-state index in [1.54, 1.807) is 6.07 Å². The number of carbonyl (C=O) groups is 2. The predicted molar refractivity (Wildman–Crippen MR) is 88.9 cm³/mol. The van der Waals surface area contributed by atoms with Crippen LogP contribution in [0.1, 0.15) is 56.8 Å². The van der Waals surface area contributed by atoms with Gasteiger partial charge in [0.15, 0.2) is 0 Å². The molecule has 4 nitrogen and oxygen atoms in total. The summed E-state index contributed by atoms with van der Waals surface area (Å²) in [4.78, 5) is 26.6. The quantitative estimate of drug-likeness (QED) is 0.906. The molecule has 1 aliphatic heterocycles. The molecule has 0 aromatic heterocycles. The highest BCUT2D eigenvalue weighted by atomic mass is 16.2. The van der Waals surface area contributed by atoms with E-state index in [1.165, 1.54) is 12.8 Å². The zero-order valence-corrected chi connectivity index (χ0v) is 13.8. The summed E-state index contributed by atoms with van der Waals surface area (Å²) in [6, 6.07) is 7.24. The summed E-state index contributed by atoms with van der Waals surface area (Å²) in [5, 5.41) is 2.88. The van der Waals surface area contributed by atoms with E-state index in [1.807, 2.05) is 43.9 Å². The Labute approximate surface area is 132 Å². The molecule has 1 fully saturated rings. The molecule has 120 valence electrons. The van der Waals surface area contributed by atoms with Gasteiger partial charge in [-0.15, -0.1) is 0 Å². The molecule has 0 bridgehead atoms. The Bertz CT molecular complexity index is 538. The molecule has 1 aromatic rings. The molecule has 22 heavy (non-hydrogen) atoms. The summed E-state index contributed by atoms with van der Waals surface area (Å²) in [6.45, 7) is 7.27. The molecule has 0 atom stereocenters. The number of carbonyl (C=O) groups excluding carboxylic acids is 2. The van der Waals surface area contributed by atoms with Crippen LogP contribution in [0, 0.1) is 5.41 Å². The van der Waals surface area contributed by atoms with E-state index in [4.69, 9.17) is 0 Å². The molecule has 2 rings (SSSR count). The van der Waals surface area contributed by atoms with Crippen LogP contribution in [0.2, 0.25) is 0 Å². The third-order valence-electron chi connectivity index (χ3n) is 3.94. The summed E-state index contributed by atoms with van der Waals surface area (Å²) < 4.78 is 0. The number of likely N-dealkylation sites (tertiary alicyclic amines) is 1. The van der Waals surface area contributed by atoms with Crippen LogP contribution >= 0.6 is 0 Å². The number of benzene rings is 1. The van der Waals surface area contributed by atoms with E-state index >= 15 is 0 Å². The predicted octanol–water partition coefficient (Wildman–Crippen LogP) is 3.69. The van der Waals surface area contributed by atoms with E-state index in [0.717, 1.165) is 25.9 Å². The zero-order valence-electron chi connectivity index (χ0n) is 13.8. The lowest BCUT2D eigenvalue weighted by Crippen LogP contribution is -2.32. The summed E-state index contributed by atoms with van der Waals surface area (Å²) in [7, 11) is 0. The minimum absolute atomic E-state index is 0.0492. The highest BCUT2D eigenvalue weighted by Gasteiger charge is 2.22. The van der Waals surface area contributed by atoms with Crippen molar-refractivity contribution in [2.45, 2.75) is 46.5 Å². The number of rotatable bonds is 2. The topological polar surface area (TPSA) is 49.4 Å². The van der Waals surface area contributed by atoms with Gasteiger partial charge in [-0.05, 0) is 31.0 Å². The number of hydrogen-bond donors (Lipinski definition) is 1. The van der Waals surface area contributed by atoms with Crippen molar-refractivity contribution in [2.24, 2.45) is 5.41 Å². The summed E-state index contributed by atoms with van der Waals surface area (Å²) in [6.07, 6.45) is 4.55. The third-order valence-corrected chi connectivity index (χ3v) is 3.94. The van der Waals surface area contributed by atoms with Crippen LogP contribution < -0.4 is 5.32 Å². The lowest BCUT2D eigenvalue weighted by Gasteiger charge is -2.21. The number of hydrogen-bond acceptors (Lipinski definition) is 2. The summed E-state index contributed by atoms with van der Waals surface area (Å²) in [5.74, 6) is 0.0145. The molecule has 2 amide bonds. The lowest BCUT2D eigenvalue weighted by atomic mass is 9.95. The molecule has 0 saturated carbocycles. The molecule has 0 spiro atoms. The molecule has 1 heterocycles. The van der Waals surface area contributed by atoms with E-state index in [-0.39, 0.29) is 11.8 Å². The van der Waals surface area contributed by atoms with Crippen LogP contribution in [0.4, 0.5) is 5.69 Å². The van der Waals surface area contributed by atoms with Gasteiger partial charge in [-0.2, -0.15) is 0 Å². The van der Waals surface area contributed by atoms with Gasteiger partial charge in [-0.3, -0.25) is 9.59 Å². The first-order valence-corrected chi connectivity index (χ1v) is 8.09. The minimum Gasteiger partial charge on any atom is -0.339 e. The van der Waals surface area contributed by atoms with Gasteiger partial charge in [0.05, 0.1) is 0 Å². The van der Waals surface area contributed by atoms with Crippen molar-refractivity contribution in [1.29, 1.82) is 0 Å². The minimum atomic E-state index is -0.454. The van der Waals surface area contributed by atoms with Crippen molar-refractivity contribution in [3.05, 3.63) is 29.8 Å². The van der Waals surface area contributed by atoms with E-state index in [2.05, 4.69) is 5.32 Å². The standard InChI is InChI=1S/C18H26N2O2/c1-18(2,3)17(22)19-15-10-8-9-14(13-15)16(21)20-11-6-4-5-7-12-20/h8-10,13H,4-7,11-12H2,1-3H3,(H,19,22). The first kappa shape index (κ1) is 16.5. The monoisotopic (exact) mass is 302 g/mol. The van der Waals surface area contributed by atoms with E-state index in [9.17, 15) is 9.59 Å². The second-order valence-electron chi connectivity index (χ2n) is 6.99. The molecule has 1 N–H and O–H groups in total. The van der Waals surface area contributed by atoms with Crippen LogP contribution in [0.5, 0.6) is 0 Å². The Balaban J connectivity index is 2.10. The van der Waals surface area contributed by atoms with Crippen molar-refractivity contribution in [2.75, 3.05) is 18.4 Å². The molecular formula is C18H26N2O2. The first-order valence-electron chi connectivity index (χ1n) is 8.09. The van der Waals surface area contributed by atoms with Crippen LogP contribution in [0.15, 0.2) is 24.3 Å². The van der Waals surface area contributed by atoms with Crippen molar-refractivity contribution in [3.63, 3.8) is 0 Å². The average molecular weight is 302 g/mol. The number of amides is 2. The number of anilines is 1. The van der Waals surface area contributed by atoms with Gasteiger partial charge < -0.3 is 10.2 Å². The largest absolute Gasteiger partial charge is 0.339 e. The first-order chi connectivity index (χ1) is 10.4.